The van der Waals surface area contributed by atoms with Gasteiger partial charge in [-0.05, 0) is 18.2 Å². The molecule has 0 bridgehead atoms. The smallest absolute Gasteiger partial charge is 0.251 e. The van der Waals surface area contributed by atoms with E-state index in [9.17, 15) is 18.4 Å². The third-order valence-electron chi connectivity index (χ3n) is 2.95. The minimum Gasteiger partial charge on any atom is -0.378 e. The average Bonchev–Trinajstić information content (AvgIpc) is 2.48. The molecule has 1 fully saturated rings. The van der Waals surface area contributed by atoms with E-state index >= 15 is 0 Å². The maximum atomic E-state index is 13.0. The van der Waals surface area contributed by atoms with Gasteiger partial charge in [-0.25, -0.2) is 8.78 Å². The summed E-state index contributed by atoms with van der Waals surface area (Å²) in [4.78, 5) is 25.1. The van der Waals surface area contributed by atoms with E-state index in [-0.39, 0.29) is 18.0 Å². The molecule has 0 unspecified atom stereocenters. The number of hydrogen-bond donors (Lipinski definition) is 1. The number of halogens is 2. The second-order valence-corrected chi connectivity index (χ2v) is 4.30. The van der Waals surface area contributed by atoms with E-state index in [1.165, 1.54) is 0 Å². The first kappa shape index (κ1) is 14.4. The summed E-state index contributed by atoms with van der Waals surface area (Å²) in [6, 6.07) is 2.82. The van der Waals surface area contributed by atoms with Gasteiger partial charge in [0.25, 0.3) is 5.91 Å². The lowest BCUT2D eigenvalue weighted by molar-refractivity contribution is -0.134. The Morgan fingerprint density at radius 1 is 1.20 bits per heavy atom. The molecule has 1 aliphatic rings. The molecule has 0 aliphatic carbocycles. The van der Waals surface area contributed by atoms with E-state index in [2.05, 4.69) is 5.32 Å². The van der Waals surface area contributed by atoms with Crippen LogP contribution in [-0.2, 0) is 9.53 Å². The van der Waals surface area contributed by atoms with Crippen molar-refractivity contribution in [2.45, 2.75) is 0 Å². The van der Waals surface area contributed by atoms with Crippen LogP contribution >= 0.6 is 0 Å². The predicted octanol–water partition coefficient (Wildman–Crippen LogP) is 0.553. The Hall–Kier alpha value is -2.02. The van der Waals surface area contributed by atoms with Gasteiger partial charge in [-0.15, -0.1) is 0 Å². The van der Waals surface area contributed by atoms with Crippen LogP contribution in [0.2, 0.25) is 0 Å². The minimum atomic E-state index is -1.10. The Morgan fingerprint density at radius 3 is 2.55 bits per heavy atom. The first-order valence-electron chi connectivity index (χ1n) is 6.16. The molecule has 1 N–H and O–H groups in total. The van der Waals surface area contributed by atoms with E-state index in [1.54, 1.807) is 4.90 Å². The molecule has 1 saturated heterocycles. The fourth-order valence-corrected chi connectivity index (χ4v) is 1.82. The van der Waals surface area contributed by atoms with Crippen LogP contribution in [-0.4, -0.2) is 49.6 Å². The van der Waals surface area contributed by atoms with Crippen molar-refractivity contribution in [3.63, 3.8) is 0 Å². The summed E-state index contributed by atoms with van der Waals surface area (Å²) >= 11 is 0. The first-order chi connectivity index (χ1) is 9.58. The van der Waals surface area contributed by atoms with Crippen LogP contribution in [0.15, 0.2) is 18.2 Å². The number of carbonyl (C=O) groups excluding carboxylic acids is 2. The molecule has 0 saturated carbocycles. The highest BCUT2D eigenvalue weighted by molar-refractivity contribution is 5.96. The quantitative estimate of drug-likeness (QED) is 0.882. The van der Waals surface area contributed by atoms with Gasteiger partial charge in [-0.3, -0.25) is 9.59 Å². The van der Waals surface area contributed by atoms with Crippen molar-refractivity contribution in [3.8, 4) is 0 Å². The molecule has 108 valence electrons. The van der Waals surface area contributed by atoms with Gasteiger partial charge in [0.1, 0.15) is 0 Å². The molecule has 1 aliphatic heterocycles. The largest absolute Gasteiger partial charge is 0.378 e. The second-order valence-electron chi connectivity index (χ2n) is 4.30. The lowest BCUT2D eigenvalue weighted by atomic mass is 10.2. The SMILES string of the molecule is O=C(NCC(=O)N1CCOCC1)c1ccc(F)c(F)c1. The van der Waals surface area contributed by atoms with Gasteiger partial charge in [0.2, 0.25) is 5.91 Å². The Labute approximate surface area is 114 Å². The van der Waals surface area contributed by atoms with Crippen LogP contribution in [0.1, 0.15) is 10.4 Å². The van der Waals surface area contributed by atoms with Crippen LogP contribution in [0.4, 0.5) is 8.78 Å². The number of rotatable bonds is 3. The Kier molecular flexibility index (Phi) is 4.62. The zero-order valence-corrected chi connectivity index (χ0v) is 10.7. The van der Waals surface area contributed by atoms with Crippen LogP contribution in [0.25, 0.3) is 0 Å². The molecule has 2 rings (SSSR count). The lowest BCUT2D eigenvalue weighted by Crippen LogP contribution is -2.45. The van der Waals surface area contributed by atoms with E-state index in [0.29, 0.717) is 26.3 Å². The maximum absolute atomic E-state index is 13.0. The van der Waals surface area contributed by atoms with Gasteiger partial charge < -0.3 is 15.0 Å². The van der Waals surface area contributed by atoms with Crippen molar-refractivity contribution in [1.29, 1.82) is 0 Å². The summed E-state index contributed by atoms with van der Waals surface area (Å²) < 4.78 is 30.8. The van der Waals surface area contributed by atoms with Crippen molar-refractivity contribution in [2.24, 2.45) is 0 Å². The number of ether oxygens (including phenoxy) is 1. The molecule has 20 heavy (non-hydrogen) atoms. The van der Waals surface area contributed by atoms with Crippen LogP contribution in [0.3, 0.4) is 0 Å². The third-order valence-corrected chi connectivity index (χ3v) is 2.95. The molecule has 0 spiro atoms. The average molecular weight is 284 g/mol. The number of benzene rings is 1. The van der Waals surface area contributed by atoms with E-state index in [0.717, 1.165) is 18.2 Å². The number of morpholine rings is 1. The Balaban J connectivity index is 1.88. The van der Waals surface area contributed by atoms with Crippen LogP contribution in [0.5, 0.6) is 0 Å². The summed E-state index contributed by atoms with van der Waals surface area (Å²) in [5.41, 5.74) is -0.0290. The highest BCUT2D eigenvalue weighted by atomic mass is 19.2. The second kappa shape index (κ2) is 6.42. The van der Waals surface area contributed by atoms with Crippen LogP contribution in [0, 0.1) is 11.6 Å². The minimum absolute atomic E-state index is 0.0290. The topological polar surface area (TPSA) is 58.6 Å². The fraction of sp³-hybridized carbons (Fsp3) is 0.385. The number of hydrogen-bond acceptors (Lipinski definition) is 3. The zero-order chi connectivity index (χ0) is 14.5. The zero-order valence-electron chi connectivity index (χ0n) is 10.7. The van der Waals surface area contributed by atoms with E-state index in [1.807, 2.05) is 0 Å². The van der Waals surface area contributed by atoms with Gasteiger partial charge in [-0.1, -0.05) is 0 Å². The fourth-order valence-electron chi connectivity index (χ4n) is 1.82. The van der Waals surface area contributed by atoms with Gasteiger partial charge >= 0.3 is 0 Å². The molecule has 7 heteroatoms. The Morgan fingerprint density at radius 2 is 1.90 bits per heavy atom. The maximum Gasteiger partial charge on any atom is 0.251 e. The number of amides is 2. The molecule has 1 aromatic rings. The molecule has 0 atom stereocenters. The summed E-state index contributed by atoms with van der Waals surface area (Å²) in [7, 11) is 0. The van der Waals surface area contributed by atoms with Crippen LogP contribution < -0.4 is 5.32 Å². The molecular formula is C13H14F2N2O3. The lowest BCUT2D eigenvalue weighted by Gasteiger charge is -2.26. The number of carbonyl (C=O) groups is 2. The van der Waals surface area contributed by atoms with Crippen molar-refractivity contribution in [2.75, 3.05) is 32.8 Å². The number of nitrogens with zero attached hydrogens (tertiary/aromatic N) is 1. The standard InChI is InChI=1S/C13H14F2N2O3/c14-10-2-1-9(7-11(10)15)13(19)16-8-12(18)17-3-5-20-6-4-17/h1-2,7H,3-6,8H2,(H,16,19). The molecule has 1 aromatic carbocycles. The van der Waals surface area contributed by atoms with Gasteiger partial charge in [0.15, 0.2) is 11.6 Å². The van der Waals surface area contributed by atoms with E-state index in [4.69, 9.17) is 4.74 Å². The van der Waals surface area contributed by atoms with Crippen molar-refractivity contribution < 1.29 is 23.1 Å². The van der Waals surface area contributed by atoms with E-state index < -0.39 is 17.5 Å². The molecule has 0 radical (unpaired) electrons. The summed E-state index contributed by atoms with van der Waals surface area (Å²) in [6.07, 6.45) is 0. The van der Waals surface area contributed by atoms with Gasteiger partial charge in [0, 0.05) is 18.7 Å². The summed E-state index contributed by atoms with van der Waals surface area (Å²) in [6.45, 7) is 1.74. The summed E-state index contributed by atoms with van der Waals surface area (Å²) in [5.74, 6) is -2.97. The van der Waals surface area contributed by atoms with Crippen molar-refractivity contribution >= 4 is 11.8 Å². The highest BCUT2D eigenvalue weighted by Gasteiger charge is 2.18. The molecular weight excluding hydrogens is 270 g/mol. The summed E-state index contributed by atoms with van der Waals surface area (Å²) in [5, 5.41) is 2.38. The van der Waals surface area contributed by atoms with Gasteiger partial charge in [0.05, 0.1) is 19.8 Å². The van der Waals surface area contributed by atoms with Crippen molar-refractivity contribution in [3.05, 3.63) is 35.4 Å². The highest BCUT2D eigenvalue weighted by Crippen LogP contribution is 2.08. The predicted molar refractivity (Wildman–Crippen MR) is 66.1 cm³/mol. The molecule has 2 amide bonds. The molecule has 5 nitrogen and oxygen atoms in total. The third kappa shape index (κ3) is 3.51. The van der Waals surface area contributed by atoms with Gasteiger partial charge in [-0.2, -0.15) is 0 Å². The molecule has 0 aromatic heterocycles. The Bertz CT molecular complexity index is 516. The van der Waals surface area contributed by atoms with Crippen molar-refractivity contribution in [1.82, 2.24) is 10.2 Å². The number of nitrogens with one attached hydrogen (secondary N) is 1. The first-order valence-corrected chi connectivity index (χ1v) is 6.16. The normalized spacial score (nSPS) is 15.0. The monoisotopic (exact) mass is 284 g/mol. The molecule has 1 heterocycles.